The van der Waals surface area contributed by atoms with Crippen molar-refractivity contribution in [2.75, 3.05) is 0 Å². The lowest BCUT2D eigenvalue weighted by Gasteiger charge is -2.03. The summed E-state index contributed by atoms with van der Waals surface area (Å²) in [6.45, 7) is 1.82. The van der Waals surface area contributed by atoms with Gasteiger partial charge in [-0.2, -0.15) is 5.10 Å². The smallest absolute Gasteiger partial charge is 0.267 e. The average Bonchev–Trinajstić information content (AvgIpc) is 2.49. The Kier molecular flexibility index (Phi) is 4.85. The number of benzene rings is 2. The number of hydrogen-bond acceptors (Lipinski definition) is 4. The second-order valence-electron chi connectivity index (χ2n) is 4.48. The van der Waals surface area contributed by atoms with Crippen molar-refractivity contribution in [3.05, 3.63) is 74.3 Å². The highest BCUT2D eigenvalue weighted by atomic mass is 35.5. The standard InChI is InChI=1S/C15H12ClN3O3/c1-10-4-2-3-5-13(10)15(20)18-17-9-11-8-12(19(21)22)6-7-14(11)16/h2-9H,1H3,(H,18,20)/b17-9+. The molecule has 0 unspecified atom stereocenters. The van der Waals surface area contributed by atoms with Crippen LogP contribution in [0.3, 0.4) is 0 Å². The van der Waals surface area contributed by atoms with Crippen LogP contribution in [0.2, 0.25) is 5.02 Å². The van der Waals surface area contributed by atoms with Gasteiger partial charge in [-0.15, -0.1) is 0 Å². The largest absolute Gasteiger partial charge is 0.271 e. The Morgan fingerprint density at radius 2 is 2.05 bits per heavy atom. The maximum atomic E-state index is 11.9. The van der Waals surface area contributed by atoms with Crippen LogP contribution < -0.4 is 5.43 Å². The maximum Gasteiger partial charge on any atom is 0.271 e. The molecular weight excluding hydrogens is 306 g/mol. The van der Waals surface area contributed by atoms with Gasteiger partial charge in [-0.3, -0.25) is 14.9 Å². The monoisotopic (exact) mass is 317 g/mol. The summed E-state index contributed by atoms with van der Waals surface area (Å²) in [7, 11) is 0. The molecule has 1 amide bonds. The molecule has 0 atom stereocenters. The van der Waals surface area contributed by atoms with Gasteiger partial charge in [0.1, 0.15) is 0 Å². The third kappa shape index (κ3) is 3.67. The van der Waals surface area contributed by atoms with Crippen LogP contribution >= 0.6 is 11.6 Å². The van der Waals surface area contributed by atoms with Crippen LogP contribution in [0.4, 0.5) is 5.69 Å². The van der Waals surface area contributed by atoms with Gasteiger partial charge in [0.25, 0.3) is 11.6 Å². The van der Waals surface area contributed by atoms with Crippen LogP contribution in [0.1, 0.15) is 21.5 Å². The van der Waals surface area contributed by atoms with E-state index < -0.39 is 4.92 Å². The predicted octanol–water partition coefficient (Wildman–Crippen LogP) is 3.32. The number of halogens is 1. The zero-order valence-corrected chi connectivity index (χ0v) is 12.4. The number of nitrogens with one attached hydrogen (secondary N) is 1. The molecule has 2 aromatic rings. The fourth-order valence-corrected chi connectivity index (χ4v) is 1.96. The number of carbonyl (C=O) groups is 1. The molecule has 7 heteroatoms. The van der Waals surface area contributed by atoms with Crippen LogP contribution in [0.25, 0.3) is 0 Å². The van der Waals surface area contributed by atoms with E-state index in [0.717, 1.165) is 5.56 Å². The Morgan fingerprint density at radius 3 is 2.73 bits per heavy atom. The van der Waals surface area contributed by atoms with Crippen LogP contribution in [0, 0.1) is 17.0 Å². The average molecular weight is 318 g/mol. The topological polar surface area (TPSA) is 84.6 Å². The van der Waals surface area contributed by atoms with E-state index in [9.17, 15) is 14.9 Å². The SMILES string of the molecule is Cc1ccccc1C(=O)N/N=C/c1cc([N+](=O)[O-])ccc1Cl. The molecule has 112 valence electrons. The van der Waals surface area contributed by atoms with Crippen molar-refractivity contribution >= 4 is 29.4 Å². The number of aryl methyl sites for hydroxylation is 1. The van der Waals surface area contributed by atoms with Gasteiger partial charge in [0, 0.05) is 28.3 Å². The number of amides is 1. The zero-order valence-electron chi connectivity index (χ0n) is 11.6. The van der Waals surface area contributed by atoms with E-state index in [0.29, 0.717) is 16.1 Å². The molecule has 2 aromatic carbocycles. The molecule has 22 heavy (non-hydrogen) atoms. The molecule has 0 bridgehead atoms. The molecule has 0 spiro atoms. The number of hydrogen-bond donors (Lipinski definition) is 1. The lowest BCUT2D eigenvalue weighted by Crippen LogP contribution is -2.18. The molecule has 0 saturated heterocycles. The van der Waals surface area contributed by atoms with Crippen molar-refractivity contribution in [2.24, 2.45) is 5.10 Å². The van der Waals surface area contributed by atoms with Crippen LogP contribution in [-0.4, -0.2) is 17.0 Å². The fourth-order valence-electron chi connectivity index (χ4n) is 1.79. The van der Waals surface area contributed by atoms with Gasteiger partial charge in [-0.1, -0.05) is 29.8 Å². The molecule has 0 fully saturated rings. The zero-order chi connectivity index (χ0) is 16.1. The summed E-state index contributed by atoms with van der Waals surface area (Å²) >= 11 is 5.93. The number of nitro groups is 1. The van der Waals surface area contributed by atoms with Crippen molar-refractivity contribution in [1.29, 1.82) is 0 Å². The van der Waals surface area contributed by atoms with E-state index in [-0.39, 0.29) is 11.6 Å². The minimum Gasteiger partial charge on any atom is -0.267 e. The van der Waals surface area contributed by atoms with Crippen molar-refractivity contribution < 1.29 is 9.72 Å². The Balaban J connectivity index is 2.13. The summed E-state index contributed by atoms with van der Waals surface area (Å²) in [5.41, 5.74) is 3.94. The second-order valence-corrected chi connectivity index (χ2v) is 4.88. The fraction of sp³-hybridized carbons (Fsp3) is 0.0667. The van der Waals surface area contributed by atoms with E-state index in [1.54, 1.807) is 12.1 Å². The summed E-state index contributed by atoms with van der Waals surface area (Å²) < 4.78 is 0. The van der Waals surface area contributed by atoms with E-state index in [1.165, 1.54) is 24.4 Å². The van der Waals surface area contributed by atoms with Gasteiger partial charge in [-0.25, -0.2) is 5.43 Å². The van der Waals surface area contributed by atoms with Crippen molar-refractivity contribution in [3.63, 3.8) is 0 Å². The van der Waals surface area contributed by atoms with Gasteiger partial charge >= 0.3 is 0 Å². The second kappa shape index (κ2) is 6.82. The van der Waals surface area contributed by atoms with Crippen molar-refractivity contribution in [1.82, 2.24) is 5.43 Å². The number of non-ortho nitro benzene ring substituents is 1. The summed E-state index contributed by atoms with van der Waals surface area (Å²) in [5, 5.41) is 14.8. The molecule has 1 N–H and O–H groups in total. The highest BCUT2D eigenvalue weighted by Gasteiger charge is 2.09. The quantitative estimate of drug-likeness (QED) is 0.533. The molecule has 0 aromatic heterocycles. The van der Waals surface area contributed by atoms with Crippen LogP contribution in [-0.2, 0) is 0 Å². The normalized spacial score (nSPS) is 10.6. The molecule has 0 aliphatic heterocycles. The number of carbonyl (C=O) groups excluding carboxylic acids is 1. The molecule has 0 saturated carbocycles. The van der Waals surface area contributed by atoms with Gasteiger partial charge in [-0.05, 0) is 24.6 Å². The van der Waals surface area contributed by atoms with E-state index >= 15 is 0 Å². The predicted molar refractivity (Wildman–Crippen MR) is 84.3 cm³/mol. The lowest BCUT2D eigenvalue weighted by atomic mass is 10.1. The van der Waals surface area contributed by atoms with E-state index in [4.69, 9.17) is 11.6 Å². The Morgan fingerprint density at radius 1 is 1.32 bits per heavy atom. The van der Waals surface area contributed by atoms with Gasteiger partial charge in [0.15, 0.2) is 0 Å². The molecule has 2 rings (SSSR count). The molecule has 0 aliphatic carbocycles. The van der Waals surface area contributed by atoms with Crippen LogP contribution in [0.15, 0.2) is 47.6 Å². The number of rotatable bonds is 4. The first-order chi connectivity index (χ1) is 10.5. The first-order valence-corrected chi connectivity index (χ1v) is 6.70. The number of hydrazone groups is 1. The van der Waals surface area contributed by atoms with Crippen molar-refractivity contribution in [3.8, 4) is 0 Å². The van der Waals surface area contributed by atoms with E-state index in [1.807, 2.05) is 19.1 Å². The molecule has 0 heterocycles. The summed E-state index contributed by atoms with van der Waals surface area (Å²) in [4.78, 5) is 22.1. The first-order valence-electron chi connectivity index (χ1n) is 6.32. The lowest BCUT2D eigenvalue weighted by molar-refractivity contribution is -0.384. The minimum absolute atomic E-state index is 0.101. The molecule has 6 nitrogen and oxygen atoms in total. The minimum atomic E-state index is -0.528. The third-order valence-corrected chi connectivity index (χ3v) is 3.29. The third-order valence-electron chi connectivity index (χ3n) is 2.95. The highest BCUT2D eigenvalue weighted by Crippen LogP contribution is 2.20. The first kappa shape index (κ1) is 15.7. The van der Waals surface area contributed by atoms with Gasteiger partial charge in [0.2, 0.25) is 0 Å². The maximum absolute atomic E-state index is 11.9. The van der Waals surface area contributed by atoms with Crippen LogP contribution in [0.5, 0.6) is 0 Å². The number of nitro benzene ring substituents is 1. The number of nitrogens with zero attached hydrogens (tertiary/aromatic N) is 2. The molecule has 0 aliphatic rings. The highest BCUT2D eigenvalue weighted by molar-refractivity contribution is 6.33. The summed E-state index contributed by atoms with van der Waals surface area (Å²) in [6, 6.07) is 11.1. The summed E-state index contributed by atoms with van der Waals surface area (Å²) in [6.07, 6.45) is 1.27. The van der Waals surface area contributed by atoms with Gasteiger partial charge in [0.05, 0.1) is 11.1 Å². The molecular formula is C15H12ClN3O3. The molecule has 0 radical (unpaired) electrons. The Hall–Kier alpha value is -2.73. The van der Waals surface area contributed by atoms with Gasteiger partial charge < -0.3 is 0 Å². The van der Waals surface area contributed by atoms with E-state index in [2.05, 4.69) is 10.5 Å². The Bertz CT molecular complexity index is 759. The van der Waals surface area contributed by atoms with Crippen molar-refractivity contribution in [2.45, 2.75) is 6.92 Å². The Labute approximate surface area is 131 Å². The summed E-state index contributed by atoms with van der Waals surface area (Å²) in [5.74, 6) is -0.365.